The second-order valence-corrected chi connectivity index (χ2v) is 13.0. The van der Waals surface area contributed by atoms with Crippen molar-refractivity contribution in [1.82, 2.24) is 14.3 Å². The van der Waals surface area contributed by atoms with Crippen molar-refractivity contribution < 1.29 is 17.9 Å². The van der Waals surface area contributed by atoms with E-state index in [4.69, 9.17) is 4.98 Å². The average Bonchev–Trinajstić information content (AvgIpc) is 2.92. The van der Waals surface area contributed by atoms with E-state index in [2.05, 4.69) is 15.6 Å². The van der Waals surface area contributed by atoms with E-state index in [0.29, 0.717) is 24.7 Å². The van der Waals surface area contributed by atoms with Crippen LogP contribution in [0.2, 0.25) is 0 Å². The molecule has 3 N–H and O–H groups in total. The Hall–Kier alpha value is -2.30. The number of aliphatic hydroxyl groups excluding tert-OH is 1. The number of rotatable bonds is 7. The molecule has 5 rings (SSSR count). The van der Waals surface area contributed by atoms with Crippen molar-refractivity contribution >= 4 is 27.5 Å². The molecule has 0 spiro atoms. The summed E-state index contributed by atoms with van der Waals surface area (Å²) in [6.45, 7) is 1.04. The Balaban J connectivity index is 1.31. The van der Waals surface area contributed by atoms with Gasteiger partial charge in [0.15, 0.2) is 0 Å². The number of piperidine rings is 1. The minimum absolute atomic E-state index is 0.161. The third-order valence-electron chi connectivity index (χ3n) is 8.18. The fraction of sp³-hybridized carbons (Fsp3) is 0.630. The second kappa shape index (κ2) is 11.6. The highest BCUT2D eigenvalue weighted by molar-refractivity contribution is 7.89. The van der Waals surface area contributed by atoms with Gasteiger partial charge in [-0.1, -0.05) is 19.3 Å². The van der Waals surface area contributed by atoms with Crippen molar-refractivity contribution in [2.24, 2.45) is 0 Å². The Morgan fingerprint density at radius 3 is 2.27 bits per heavy atom. The van der Waals surface area contributed by atoms with Crippen molar-refractivity contribution in [2.75, 3.05) is 23.7 Å². The SMILES string of the molecule is O=S(=O)(C1CCCCC1)N1CCC(c2cnc(Nc3ccc(F)cc3)nc2NC2CCC(O)CC2)CC1. The van der Waals surface area contributed by atoms with Gasteiger partial charge in [0.05, 0.1) is 11.4 Å². The molecule has 0 radical (unpaired) electrons. The fourth-order valence-electron chi connectivity index (χ4n) is 5.94. The highest BCUT2D eigenvalue weighted by Gasteiger charge is 2.36. The molecule has 2 saturated carbocycles. The van der Waals surface area contributed by atoms with Gasteiger partial charge < -0.3 is 15.7 Å². The van der Waals surface area contributed by atoms with Gasteiger partial charge >= 0.3 is 0 Å². The molecule has 1 aromatic carbocycles. The number of hydrogen-bond acceptors (Lipinski definition) is 7. The molecular weight excluding hydrogens is 493 g/mol. The van der Waals surface area contributed by atoms with E-state index in [-0.39, 0.29) is 29.1 Å². The van der Waals surface area contributed by atoms with E-state index in [1.807, 2.05) is 6.20 Å². The summed E-state index contributed by atoms with van der Waals surface area (Å²) in [5.41, 5.74) is 1.70. The topological polar surface area (TPSA) is 107 Å². The Kier molecular flexibility index (Phi) is 8.26. The first-order valence-electron chi connectivity index (χ1n) is 13.7. The highest BCUT2D eigenvalue weighted by atomic mass is 32.2. The van der Waals surface area contributed by atoms with Gasteiger partial charge in [-0.15, -0.1) is 0 Å². The first-order chi connectivity index (χ1) is 17.9. The molecule has 1 aliphatic heterocycles. The van der Waals surface area contributed by atoms with Crippen LogP contribution in [0, 0.1) is 5.82 Å². The molecular formula is C27H38FN5O3S. The van der Waals surface area contributed by atoms with Crippen molar-refractivity contribution in [3.05, 3.63) is 41.8 Å². The molecule has 1 aromatic heterocycles. The molecule has 3 aliphatic rings. The zero-order valence-electron chi connectivity index (χ0n) is 21.3. The zero-order chi connectivity index (χ0) is 25.8. The molecule has 1 saturated heterocycles. The number of nitrogens with zero attached hydrogens (tertiary/aromatic N) is 3. The van der Waals surface area contributed by atoms with Gasteiger partial charge in [-0.05, 0) is 81.5 Å². The van der Waals surface area contributed by atoms with Crippen LogP contribution in [0.4, 0.5) is 21.8 Å². The Labute approximate surface area is 219 Å². The van der Waals surface area contributed by atoms with E-state index in [1.165, 1.54) is 12.1 Å². The maximum absolute atomic E-state index is 13.3. The summed E-state index contributed by atoms with van der Waals surface area (Å²) in [6.07, 6.45) is 11.0. The van der Waals surface area contributed by atoms with Crippen molar-refractivity contribution in [3.63, 3.8) is 0 Å². The molecule has 37 heavy (non-hydrogen) atoms. The molecule has 0 unspecified atom stereocenters. The number of aromatic nitrogens is 2. The summed E-state index contributed by atoms with van der Waals surface area (Å²) in [7, 11) is -3.25. The van der Waals surface area contributed by atoms with Crippen molar-refractivity contribution in [2.45, 2.75) is 93.9 Å². The Bertz CT molecular complexity index is 1140. The van der Waals surface area contributed by atoms with E-state index >= 15 is 0 Å². The molecule has 0 amide bonds. The van der Waals surface area contributed by atoms with Gasteiger partial charge in [0.1, 0.15) is 11.6 Å². The lowest BCUT2D eigenvalue weighted by atomic mass is 9.90. The number of hydrogen-bond donors (Lipinski definition) is 3. The third-order valence-corrected chi connectivity index (χ3v) is 10.6. The van der Waals surface area contributed by atoms with Crippen LogP contribution < -0.4 is 10.6 Å². The number of aliphatic hydroxyl groups is 1. The Morgan fingerprint density at radius 2 is 1.59 bits per heavy atom. The van der Waals surface area contributed by atoms with Crippen LogP contribution in [0.15, 0.2) is 30.5 Å². The molecule has 3 fully saturated rings. The molecule has 2 aromatic rings. The highest BCUT2D eigenvalue weighted by Crippen LogP contribution is 2.36. The van der Waals surface area contributed by atoms with Gasteiger partial charge in [-0.2, -0.15) is 4.98 Å². The first-order valence-corrected chi connectivity index (χ1v) is 15.2. The normalized spacial score (nSPS) is 24.6. The van der Waals surface area contributed by atoms with Gasteiger partial charge in [-0.25, -0.2) is 22.1 Å². The van der Waals surface area contributed by atoms with E-state index < -0.39 is 10.0 Å². The minimum atomic E-state index is -3.25. The summed E-state index contributed by atoms with van der Waals surface area (Å²) < 4.78 is 41.5. The molecule has 8 nitrogen and oxygen atoms in total. The predicted molar refractivity (Wildman–Crippen MR) is 143 cm³/mol. The fourth-order valence-corrected chi connectivity index (χ4v) is 8.01. The minimum Gasteiger partial charge on any atom is -0.393 e. The molecule has 2 aliphatic carbocycles. The standard InChI is InChI=1S/C27H38FN5O3S/c28-20-6-8-22(9-7-20)31-27-29-18-25(26(32-27)30-21-10-12-23(34)13-11-21)19-14-16-33(17-15-19)37(35,36)24-4-2-1-3-5-24/h6-9,18-19,21,23-24,34H,1-5,10-17H2,(H2,29,30,31,32). The third kappa shape index (κ3) is 6.41. The quantitative estimate of drug-likeness (QED) is 0.466. The molecule has 0 bridgehead atoms. The number of halogens is 1. The summed E-state index contributed by atoms with van der Waals surface area (Å²) in [5, 5.41) is 16.4. The Morgan fingerprint density at radius 1 is 0.919 bits per heavy atom. The van der Waals surface area contributed by atoms with Gasteiger partial charge in [0.25, 0.3) is 0 Å². The van der Waals surface area contributed by atoms with Crippen molar-refractivity contribution in [3.8, 4) is 0 Å². The summed E-state index contributed by atoms with van der Waals surface area (Å²) >= 11 is 0. The summed E-state index contributed by atoms with van der Waals surface area (Å²) in [6, 6.07) is 6.27. The van der Waals surface area contributed by atoms with Gasteiger partial charge in [0, 0.05) is 36.6 Å². The van der Waals surface area contributed by atoms with E-state index in [0.717, 1.165) is 82.0 Å². The number of anilines is 3. The summed E-state index contributed by atoms with van der Waals surface area (Å²) in [4.78, 5) is 9.35. The number of sulfonamides is 1. The van der Waals surface area contributed by atoms with E-state index in [9.17, 15) is 17.9 Å². The van der Waals surface area contributed by atoms with Gasteiger partial charge in [-0.3, -0.25) is 0 Å². The van der Waals surface area contributed by atoms with Crippen LogP contribution in [0.5, 0.6) is 0 Å². The van der Waals surface area contributed by atoms with Crippen LogP contribution in [0.3, 0.4) is 0 Å². The lowest BCUT2D eigenvalue weighted by Crippen LogP contribution is -2.43. The van der Waals surface area contributed by atoms with Crippen LogP contribution in [-0.2, 0) is 10.0 Å². The van der Waals surface area contributed by atoms with E-state index in [1.54, 1.807) is 16.4 Å². The first kappa shape index (κ1) is 26.3. The number of benzene rings is 1. The predicted octanol–water partition coefficient (Wildman–Crippen LogP) is 4.92. The second-order valence-electron chi connectivity index (χ2n) is 10.8. The smallest absolute Gasteiger partial charge is 0.229 e. The molecule has 10 heteroatoms. The van der Waals surface area contributed by atoms with Crippen LogP contribution in [-0.4, -0.2) is 58.3 Å². The summed E-state index contributed by atoms with van der Waals surface area (Å²) in [5.74, 6) is 1.04. The molecule has 0 atom stereocenters. The lowest BCUT2D eigenvalue weighted by molar-refractivity contribution is 0.126. The molecule has 202 valence electrons. The lowest BCUT2D eigenvalue weighted by Gasteiger charge is -2.35. The monoisotopic (exact) mass is 531 g/mol. The maximum Gasteiger partial charge on any atom is 0.229 e. The van der Waals surface area contributed by atoms with Crippen LogP contribution >= 0.6 is 0 Å². The number of nitrogens with one attached hydrogen (secondary N) is 2. The maximum atomic E-state index is 13.3. The zero-order valence-corrected chi connectivity index (χ0v) is 22.1. The van der Waals surface area contributed by atoms with Crippen molar-refractivity contribution in [1.29, 1.82) is 0 Å². The van der Waals surface area contributed by atoms with Crippen LogP contribution in [0.25, 0.3) is 0 Å². The van der Waals surface area contributed by atoms with Crippen LogP contribution in [0.1, 0.15) is 82.1 Å². The molecule has 2 heterocycles. The van der Waals surface area contributed by atoms with Gasteiger partial charge in [0.2, 0.25) is 16.0 Å². The average molecular weight is 532 g/mol. The largest absolute Gasteiger partial charge is 0.393 e.